The summed E-state index contributed by atoms with van der Waals surface area (Å²) in [6.07, 6.45) is 5.95. The van der Waals surface area contributed by atoms with E-state index in [1.807, 2.05) is 24.3 Å². The predicted octanol–water partition coefficient (Wildman–Crippen LogP) is 6.53. The van der Waals surface area contributed by atoms with Gasteiger partial charge in [-0.15, -0.1) is 0 Å². The van der Waals surface area contributed by atoms with Gasteiger partial charge in [0.2, 0.25) is 5.88 Å². The molecule has 0 N–H and O–H groups in total. The van der Waals surface area contributed by atoms with Crippen molar-refractivity contribution in [1.29, 1.82) is 5.26 Å². The maximum atomic E-state index is 14.0. The molecule has 0 aliphatic carbocycles. The van der Waals surface area contributed by atoms with Crippen molar-refractivity contribution in [3.05, 3.63) is 96.3 Å². The van der Waals surface area contributed by atoms with Gasteiger partial charge in [0.15, 0.2) is 5.65 Å². The molecule has 0 spiro atoms. The minimum atomic E-state index is -0.753. The van der Waals surface area contributed by atoms with Gasteiger partial charge in [-0.3, -0.25) is 4.98 Å². The van der Waals surface area contributed by atoms with Crippen molar-refractivity contribution in [3.8, 4) is 34.3 Å². The van der Waals surface area contributed by atoms with Crippen LogP contribution in [0.1, 0.15) is 31.9 Å². The number of hydrogen-bond donors (Lipinski definition) is 0. The Morgan fingerprint density at radius 1 is 1.03 bits per heavy atom. The predicted molar refractivity (Wildman–Crippen MR) is 143 cm³/mol. The van der Waals surface area contributed by atoms with Crippen LogP contribution in [0.3, 0.4) is 0 Å². The molecule has 5 rings (SSSR count). The maximum Gasteiger partial charge on any atom is 0.420 e. The molecule has 4 heterocycles. The number of pyridine rings is 3. The Morgan fingerprint density at radius 2 is 1.85 bits per heavy atom. The molecule has 194 valence electrons. The number of nitrogens with zero attached hydrogens (tertiary/aromatic N) is 5. The first kappa shape index (κ1) is 25.5. The van der Waals surface area contributed by atoms with Gasteiger partial charge < -0.3 is 9.47 Å². The fourth-order valence-corrected chi connectivity index (χ4v) is 4.12. The first-order valence-corrected chi connectivity index (χ1v) is 12.2. The minimum Gasteiger partial charge on any atom is -0.473 e. The Morgan fingerprint density at radius 3 is 2.59 bits per heavy atom. The van der Waals surface area contributed by atoms with Crippen molar-refractivity contribution in [3.63, 3.8) is 0 Å². The summed E-state index contributed by atoms with van der Waals surface area (Å²) in [6.45, 7) is 5.63. The van der Waals surface area contributed by atoms with Crippen molar-refractivity contribution in [2.75, 3.05) is 0 Å². The smallest absolute Gasteiger partial charge is 0.420 e. The van der Waals surface area contributed by atoms with E-state index < -0.39 is 17.5 Å². The van der Waals surface area contributed by atoms with Crippen LogP contribution in [0.4, 0.5) is 9.18 Å². The molecule has 9 heteroatoms. The van der Waals surface area contributed by atoms with Crippen molar-refractivity contribution < 1.29 is 18.7 Å². The Bertz CT molecular complexity index is 1720. The topological polar surface area (TPSA) is 103 Å². The highest BCUT2D eigenvalue weighted by atomic mass is 19.1. The number of carbonyl (C=O) groups excluding carboxylic acids is 1. The van der Waals surface area contributed by atoms with Crippen molar-refractivity contribution in [2.45, 2.75) is 33.0 Å². The number of rotatable bonds is 5. The molecule has 0 unspecified atom stereocenters. The van der Waals surface area contributed by atoms with E-state index in [9.17, 15) is 14.4 Å². The van der Waals surface area contributed by atoms with E-state index in [-0.39, 0.29) is 12.2 Å². The summed E-state index contributed by atoms with van der Waals surface area (Å²) >= 11 is 0. The summed E-state index contributed by atoms with van der Waals surface area (Å²) in [5, 5.41) is 9.96. The Hall–Kier alpha value is -5.10. The van der Waals surface area contributed by atoms with Crippen LogP contribution in [0.2, 0.25) is 0 Å². The van der Waals surface area contributed by atoms with Crippen LogP contribution in [0.25, 0.3) is 33.4 Å². The summed E-state index contributed by atoms with van der Waals surface area (Å²) in [5.41, 5.74) is 2.87. The lowest BCUT2D eigenvalue weighted by atomic mass is 10.0. The second-order valence-electron chi connectivity index (χ2n) is 9.78. The molecule has 0 aliphatic rings. The third-order valence-corrected chi connectivity index (χ3v) is 5.82. The van der Waals surface area contributed by atoms with Gasteiger partial charge in [0.1, 0.15) is 24.1 Å². The molecule has 0 aliphatic heterocycles. The Balaban J connectivity index is 1.64. The molecule has 0 radical (unpaired) electrons. The molecule has 39 heavy (non-hydrogen) atoms. The molecular weight excluding hydrogens is 497 g/mol. The molecule has 4 aromatic heterocycles. The van der Waals surface area contributed by atoms with Gasteiger partial charge in [0, 0.05) is 47.4 Å². The molecule has 5 aromatic rings. The van der Waals surface area contributed by atoms with Crippen LogP contribution in [0.5, 0.6) is 5.88 Å². The zero-order valence-electron chi connectivity index (χ0n) is 21.6. The van der Waals surface area contributed by atoms with Gasteiger partial charge in [0.25, 0.3) is 0 Å². The standard InChI is InChI=1S/C30H24FN5O3/c1-30(2,3)39-29(37)36-26(21-8-11-34-27(14-21)38-18-19-5-4-10-33-17-19)15-24-23(9-12-35-28(24)36)20-6-7-25(31)22(13-20)16-32/h4-15,17H,18H2,1-3H3. The lowest BCUT2D eigenvalue weighted by Gasteiger charge is -2.20. The lowest BCUT2D eigenvalue weighted by Crippen LogP contribution is -2.27. The van der Waals surface area contributed by atoms with Gasteiger partial charge in [0.05, 0.1) is 11.3 Å². The molecule has 8 nitrogen and oxygen atoms in total. The number of hydrogen-bond acceptors (Lipinski definition) is 7. The molecule has 0 atom stereocenters. The van der Waals surface area contributed by atoms with Gasteiger partial charge in [-0.05, 0) is 68.3 Å². The maximum absolute atomic E-state index is 14.0. The highest BCUT2D eigenvalue weighted by Crippen LogP contribution is 2.35. The summed E-state index contributed by atoms with van der Waals surface area (Å²) in [4.78, 5) is 26.4. The largest absolute Gasteiger partial charge is 0.473 e. The SMILES string of the molecule is CC(C)(C)OC(=O)n1c(-c2ccnc(OCc3cccnc3)c2)cc2c(-c3ccc(F)c(C#N)c3)ccnc21. The van der Waals surface area contributed by atoms with E-state index in [0.29, 0.717) is 39.3 Å². The number of ether oxygens (including phenoxy) is 2. The van der Waals surface area contributed by atoms with Crippen molar-refractivity contribution in [2.24, 2.45) is 0 Å². The molecular formula is C30H24FN5O3. The molecule has 0 bridgehead atoms. The fraction of sp³-hybridized carbons (Fsp3) is 0.167. The number of nitriles is 1. The van der Waals surface area contributed by atoms with E-state index in [4.69, 9.17) is 9.47 Å². The average Bonchev–Trinajstić information content (AvgIpc) is 3.32. The number of fused-ring (bicyclic) bond motifs is 1. The Labute approximate surface area is 224 Å². The molecule has 0 fully saturated rings. The van der Waals surface area contributed by atoms with E-state index >= 15 is 0 Å². The fourth-order valence-electron chi connectivity index (χ4n) is 4.12. The highest BCUT2D eigenvalue weighted by molar-refractivity contribution is 6.01. The average molecular weight is 522 g/mol. The second kappa shape index (κ2) is 10.3. The number of benzene rings is 1. The monoisotopic (exact) mass is 521 g/mol. The second-order valence-corrected chi connectivity index (χ2v) is 9.78. The highest BCUT2D eigenvalue weighted by Gasteiger charge is 2.25. The first-order chi connectivity index (χ1) is 18.7. The molecule has 0 saturated carbocycles. The van der Waals surface area contributed by atoms with E-state index in [2.05, 4.69) is 15.0 Å². The van der Waals surface area contributed by atoms with Crippen molar-refractivity contribution in [1.82, 2.24) is 19.5 Å². The van der Waals surface area contributed by atoms with E-state index in [1.165, 1.54) is 16.7 Å². The summed E-state index contributed by atoms with van der Waals surface area (Å²) in [5.74, 6) is -0.239. The van der Waals surface area contributed by atoms with Crippen LogP contribution in [-0.2, 0) is 11.3 Å². The van der Waals surface area contributed by atoms with Crippen LogP contribution in [-0.4, -0.2) is 31.2 Å². The third kappa shape index (κ3) is 5.45. The van der Waals surface area contributed by atoms with E-state index in [0.717, 1.165) is 5.56 Å². The van der Waals surface area contributed by atoms with E-state index in [1.54, 1.807) is 69.8 Å². The molecule has 0 saturated heterocycles. The first-order valence-electron chi connectivity index (χ1n) is 12.2. The lowest BCUT2D eigenvalue weighted by molar-refractivity contribution is 0.0546. The summed E-state index contributed by atoms with van der Waals surface area (Å²) < 4.78 is 27.0. The number of aromatic nitrogens is 4. The van der Waals surface area contributed by atoms with Gasteiger partial charge in [-0.1, -0.05) is 12.1 Å². The van der Waals surface area contributed by atoms with Crippen LogP contribution in [0.15, 0.2) is 79.4 Å². The van der Waals surface area contributed by atoms with Crippen LogP contribution >= 0.6 is 0 Å². The van der Waals surface area contributed by atoms with Gasteiger partial charge >= 0.3 is 6.09 Å². The normalized spacial score (nSPS) is 11.3. The number of halogens is 1. The van der Waals surface area contributed by atoms with Crippen LogP contribution < -0.4 is 4.74 Å². The third-order valence-electron chi connectivity index (χ3n) is 5.82. The zero-order chi connectivity index (χ0) is 27.6. The molecule has 1 aromatic carbocycles. The van der Waals surface area contributed by atoms with Gasteiger partial charge in [-0.2, -0.15) is 5.26 Å². The number of carbonyl (C=O) groups is 1. The van der Waals surface area contributed by atoms with Crippen LogP contribution in [0, 0.1) is 17.1 Å². The summed E-state index contributed by atoms with van der Waals surface area (Å²) in [6, 6.07) is 17.0. The van der Waals surface area contributed by atoms with Crippen molar-refractivity contribution >= 4 is 17.1 Å². The minimum absolute atomic E-state index is 0.0752. The Kier molecular flexibility index (Phi) is 6.77. The molecule has 0 amide bonds. The summed E-state index contributed by atoms with van der Waals surface area (Å²) in [7, 11) is 0. The quantitative estimate of drug-likeness (QED) is 0.259. The zero-order valence-corrected chi connectivity index (χ0v) is 21.6. The van der Waals surface area contributed by atoms with Gasteiger partial charge in [-0.25, -0.2) is 23.7 Å².